The smallest absolute Gasteiger partial charge is 0.324 e. The summed E-state index contributed by atoms with van der Waals surface area (Å²) in [5, 5.41) is 9.21. The molecule has 0 saturated carbocycles. The fourth-order valence-electron chi connectivity index (χ4n) is 0.823. The minimum absolute atomic E-state index is 0.0195. The topological polar surface area (TPSA) is 115 Å². The van der Waals surface area contributed by atoms with Crippen LogP contribution in [0.25, 0.3) is 0 Å². The van der Waals surface area contributed by atoms with Crippen LogP contribution in [0.4, 0.5) is 0 Å². The first-order chi connectivity index (χ1) is 6.78. The van der Waals surface area contributed by atoms with Crippen molar-refractivity contribution in [2.45, 2.75) is 19.8 Å². The van der Waals surface area contributed by atoms with Gasteiger partial charge >= 0.3 is 13.5 Å². The lowest BCUT2D eigenvalue weighted by atomic mass is 10.3. The van der Waals surface area contributed by atoms with Gasteiger partial charge in [-0.3, -0.25) is 19.4 Å². The summed E-state index contributed by atoms with van der Waals surface area (Å²) in [5.41, 5.74) is 0. The van der Waals surface area contributed by atoms with E-state index in [1.807, 2.05) is 0 Å². The molecule has 0 saturated heterocycles. The van der Waals surface area contributed by atoms with E-state index in [0.717, 1.165) is 0 Å². The van der Waals surface area contributed by atoms with Gasteiger partial charge in [0.1, 0.15) is 0 Å². The van der Waals surface area contributed by atoms with Crippen LogP contribution in [0.2, 0.25) is 0 Å². The van der Waals surface area contributed by atoms with Crippen LogP contribution in [-0.2, 0) is 14.2 Å². The molecule has 0 aliphatic rings. The first-order valence-electron chi connectivity index (χ1n) is 4.36. The normalized spacial score (nSPS) is 11.2. The Hall–Kier alpha value is -0.750. The van der Waals surface area contributed by atoms with E-state index in [2.05, 4.69) is 0 Å². The molecule has 3 N–H and O–H groups in total. The fourth-order valence-corrected chi connectivity index (χ4v) is 1.38. The summed E-state index contributed by atoms with van der Waals surface area (Å²) in [7, 11) is -4.12. The summed E-state index contributed by atoms with van der Waals surface area (Å²) in [4.78, 5) is 38.7. The van der Waals surface area contributed by atoms with E-state index in [0.29, 0.717) is 0 Å². The number of carbonyl (C=O) groups excluding carboxylic acids is 2. The average Bonchev–Trinajstić information content (AvgIpc) is 2.13. The highest BCUT2D eigenvalue weighted by Crippen LogP contribution is 2.34. The number of hydrogen-bond acceptors (Lipinski definition) is 4. The summed E-state index contributed by atoms with van der Waals surface area (Å²) >= 11 is 0. The fraction of sp³-hybridized carbons (Fsp3) is 0.714. The molecule has 0 aliphatic heterocycles. The van der Waals surface area contributed by atoms with Crippen LogP contribution in [0, 0.1) is 0 Å². The Morgan fingerprint density at radius 2 is 1.87 bits per heavy atom. The Bertz CT molecular complexity index is 285. The summed E-state index contributed by atoms with van der Waals surface area (Å²) in [6.07, 6.45) is -0.518. The highest BCUT2D eigenvalue weighted by molar-refractivity contribution is 7.51. The predicted molar refractivity (Wildman–Crippen MR) is 50.3 cm³/mol. The van der Waals surface area contributed by atoms with E-state index in [-0.39, 0.29) is 24.4 Å². The number of carbonyl (C=O) groups is 2. The lowest BCUT2D eigenvalue weighted by Gasteiger charge is -2.13. The Balaban J connectivity index is 3.94. The molecule has 0 aliphatic carbocycles. The molecule has 1 amide bonds. The van der Waals surface area contributed by atoms with E-state index in [4.69, 9.17) is 15.0 Å². The lowest BCUT2D eigenvalue weighted by molar-refractivity contribution is -0.170. The molecule has 0 aromatic carbocycles. The van der Waals surface area contributed by atoms with Gasteiger partial charge in [-0.05, 0) is 6.42 Å². The number of Topliss-reactive ketones (excluding diaryl/α,β-unsaturated/α-hetero) is 1. The van der Waals surface area contributed by atoms with Crippen LogP contribution in [0.1, 0.15) is 19.8 Å². The standard InChI is InChI=1S/C7H14NO6P/c1-2-6(9)7(10)8(11)4-3-5-15(12,13)14/h11H,2-5H2,1H3,(H2,12,13,14). The third-order valence-electron chi connectivity index (χ3n) is 1.61. The zero-order chi connectivity index (χ0) is 12.1. The predicted octanol–water partition coefficient (Wildman–Crippen LogP) is -0.249. The molecule has 0 aromatic heterocycles. The second-order valence-electron chi connectivity index (χ2n) is 2.95. The number of hydrogen-bond donors (Lipinski definition) is 3. The van der Waals surface area contributed by atoms with Gasteiger partial charge in [-0.1, -0.05) is 6.92 Å². The van der Waals surface area contributed by atoms with Crippen LogP contribution in [0.15, 0.2) is 0 Å². The first-order valence-corrected chi connectivity index (χ1v) is 6.16. The molecule has 0 heterocycles. The Morgan fingerprint density at radius 3 is 2.27 bits per heavy atom. The lowest BCUT2D eigenvalue weighted by Crippen LogP contribution is -2.34. The van der Waals surface area contributed by atoms with Crippen LogP contribution in [0.3, 0.4) is 0 Å². The van der Waals surface area contributed by atoms with Crippen LogP contribution >= 0.6 is 7.60 Å². The average molecular weight is 239 g/mol. The third kappa shape index (κ3) is 6.35. The van der Waals surface area contributed by atoms with Gasteiger partial charge in [-0.25, -0.2) is 5.06 Å². The molecule has 0 radical (unpaired) electrons. The highest BCUT2D eigenvalue weighted by Gasteiger charge is 2.19. The zero-order valence-corrected chi connectivity index (χ0v) is 9.18. The van der Waals surface area contributed by atoms with Crippen LogP contribution in [0.5, 0.6) is 0 Å². The minimum atomic E-state index is -4.12. The molecule has 15 heavy (non-hydrogen) atoms. The van der Waals surface area contributed by atoms with Crippen molar-refractivity contribution in [3.05, 3.63) is 0 Å². The molecule has 0 atom stereocenters. The van der Waals surface area contributed by atoms with Crippen molar-refractivity contribution in [2.75, 3.05) is 12.7 Å². The van der Waals surface area contributed by atoms with Crippen molar-refractivity contribution in [1.29, 1.82) is 0 Å². The maximum absolute atomic E-state index is 11.0. The number of hydroxylamine groups is 2. The molecule has 0 unspecified atom stereocenters. The largest absolute Gasteiger partial charge is 0.325 e. The van der Waals surface area contributed by atoms with Crippen molar-refractivity contribution in [2.24, 2.45) is 0 Å². The zero-order valence-electron chi connectivity index (χ0n) is 8.29. The minimum Gasteiger partial charge on any atom is -0.324 e. The number of rotatable bonds is 6. The van der Waals surface area contributed by atoms with Crippen LogP contribution < -0.4 is 0 Å². The quantitative estimate of drug-likeness (QED) is 0.255. The summed E-state index contributed by atoms with van der Waals surface area (Å²) in [6.45, 7) is 1.21. The van der Waals surface area contributed by atoms with Crippen molar-refractivity contribution < 1.29 is 29.1 Å². The van der Waals surface area contributed by atoms with Gasteiger partial charge in [-0.2, -0.15) is 0 Å². The molecule has 8 heteroatoms. The van der Waals surface area contributed by atoms with Crippen LogP contribution in [-0.4, -0.2) is 44.5 Å². The maximum atomic E-state index is 11.0. The number of amides is 1. The van der Waals surface area contributed by atoms with Gasteiger partial charge in [0.15, 0.2) is 0 Å². The summed E-state index contributed by atoms with van der Waals surface area (Å²) in [6, 6.07) is 0. The molecule has 7 nitrogen and oxygen atoms in total. The molecule has 0 rings (SSSR count). The SMILES string of the molecule is CCC(=O)C(=O)N(O)CCCP(=O)(O)O. The summed E-state index contributed by atoms with van der Waals surface area (Å²) in [5.74, 6) is -1.79. The first kappa shape index (κ1) is 14.2. The highest BCUT2D eigenvalue weighted by atomic mass is 31.2. The van der Waals surface area contributed by atoms with Gasteiger partial charge in [0.05, 0.1) is 6.16 Å². The third-order valence-corrected chi connectivity index (χ3v) is 2.51. The molecular weight excluding hydrogens is 225 g/mol. The summed E-state index contributed by atoms with van der Waals surface area (Å²) < 4.78 is 10.4. The molecule has 0 bridgehead atoms. The van der Waals surface area contributed by atoms with Crippen molar-refractivity contribution >= 4 is 19.3 Å². The Labute approximate surface area is 86.8 Å². The number of nitrogens with zero attached hydrogens (tertiary/aromatic N) is 1. The van der Waals surface area contributed by atoms with E-state index in [1.165, 1.54) is 6.92 Å². The van der Waals surface area contributed by atoms with E-state index >= 15 is 0 Å². The second-order valence-corrected chi connectivity index (χ2v) is 4.72. The van der Waals surface area contributed by atoms with Gasteiger partial charge < -0.3 is 9.79 Å². The van der Waals surface area contributed by atoms with Gasteiger partial charge in [0.2, 0.25) is 5.78 Å². The van der Waals surface area contributed by atoms with E-state index in [9.17, 15) is 14.2 Å². The number of ketones is 1. The monoisotopic (exact) mass is 239 g/mol. The molecule has 0 spiro atoms. The molecular formula is C7H14NO6P. The Kier molecular flexibility index (Phi) is 5.67. The molecule has 0 aromatic rings. The van der Waals surface area contributed by atoms with Gasteiger partial charge in [0, 0.05) is 13.0 Å². The van der Waals surface area contributed by atoms with Gasteiger partial charge in [-0.15, -0.1) is 0 Å². The molecule has 88 valence electrons. The van der Waals surface area contributed by atoms with Crippen molar-refractivity contribution in [3.8, 4) is 0 Å². The van der Waals surface area contributed by atoms with E-state index < -0.39 is 25.4 Å². The van der Waals surface area contributed by atoms with Gasteiger partial charge in [0.25, 0.3) is 0 Å². The van der Waals surface area contributed by atoms with Crippen molar-refractivity contribution in [1.82, 2.24) is 5.06 Å². The Morgan fingerprint density at radius 1 is 1.33 bits per heavy atom. The van der Waals surface area contributed by atoms with Crippen molar-refractivity contribution in [3.63, 3.8) is 0 Å². The second kappa shape index (κ2) is 5.97. The van der Waals surface area contributed by atoms with E-state index in [1.54, 1.807) is 0 Å². The maximum Gasteiger partial charge on any atom is 0.325 e. The molecule has 0 fully saturated rings.